The van der Waals surface area contributed by atoms with E-state index in [1.165, 1.54) is 12.1 Å². The molecule has 7 heteroatoms. The molecule has 0 bridgehead atoms. The van der Waals surface area contributed by atoms with E-state index in [4.69, 9.17) is 21.8 Å². The molecule has 2 rings (SSSR count). The highest BCUT2D eigenvalue weighted by Crippen LogP contribution is 2.22. The van der Waals surface area contributed by atoms with E-state index in [0.29, 0.717) is 11.6 Å². The number of hydrogen-bond acceptors (Lipinski definition) is 5. The number of nitrogens with two attached hydrogens (primary N) is 1. The molecule has 0 aliphatic rings. The van der Waals surface area contributed by atoms with Crippen LogP contribution in [0.1, 0.15) is 18.9 Å². The van der Waals surface area contributed by atoms with Crippen molar-refractivity contribution in [3.8, 4) is 0 Å². The Morgan fingerprint density at radius 2 is 2.24 bits per heavy atom. The van der Waals surface area contributed by atoms with Gasteiger partial charge in [0.2, 0.25) is 5.89 Å². The van der Waals surface area contributed by atoms with Crippen molar-refractivity contribution < 1.29 is 8.81 Å². The van der Waals surface area contributed by atoms with Crippen LogP contribution in [0, 0.1) is 5.82 Å². The molecule has 1 aromatic carbocycles. The highest BCUT2D eigenvalue weighted by molar-refractivity contribution is 6.30. The summed E-state index contributed by atoms with van der Waals surface area (Å²) in [5.74, 6) is -0.217. The van der Waals surface area contributed by atoms with Gasteiger partial charge in [-0.1, -0.05) is 16.7 Å². The van der Waals surface area contributed by atoms with Crippen molar-refractivity contribution >= 4 is 23.3 Å². The Bertz CT molecular complexity index is 529. The molecule has 0 aliphatic carbocycles. The SMILES string of the molecule is CC(N)c1nnc(Nc2ccc(Cl)c(F)c2)o1. The lowest BCUT2D eigenvalue weighted by atomic mass is 10.3. The van der Waals surface area contributed by atoms with Gasteiger partial charge in [-0.05, 0) is 25.1 Å². The van der Waals surface area contributed by atoms with Gasteiger partial charge in [0.15, 0.2) is 0 Å². The fourth-order valence-corrected chi connectivity index (χ4v) is 1.28. The van der Waals surface area contributed by atoms with E-state index in [2.05, 4.69) is 15.5 Å². The maximum atomic E-state index is 13.2. The first-order valence-corrected chi connectivity index (χ1v) is 5.25. The average molecular weight is 257 g/mol. The van der Waals surface area contributed by atoms with E-state index >= 15 is 0 Å². The van der Waals surface area contributed by atoms with Gasteiger partial charge in [0.25, 0.3) is 0 Å². The minimum absolute atomic E-state index is 0.0531. The van der Waals surface area contributed by atoms with Crippen molar-refractivity contribution in [2.45, 2.75) is 13.0 Å². The lowest BCUT2D eigenvalue weighted by Gasteiger charge is -2.02. The third-order valence-electron chi connectivity index (χ3n) is 2.00. The van der Waals surface area contributed by atoms with Gasteiger partial charge in [-0.2, -0.15) is 0 Å². The van der Waals surface area contributed by atoms with Crippen molar-refractivity contribution in [2.24, 2.45) is 5.73 Å². The van der Waals surface area contributed by atoms with Gasteiger partial charge in [-0.15, -0.1) is 5.10 Å². The Balaban J connectivity index is 2.16. The number of halogens is 2. The number of benzene rings is 1. The van der Waals surface area contributed by atoms with E-state index in [1.807, 2.05) is 0 Å². The predicted molar refractivity (Wildman–Crippen MR) is 61.6 cm³/mol. The maximum Gasteiger partial charge on any atom is 0.320 e. The zero-order valence-electron chi connectivity index (χ0n) is 8.95. The maximum absolute atomic E-state index is 13.2. The lowest BCUT2D eigenvalue weighted by Crippen LogP contribution is -2.04. The molecule has 0 fully saturated rings. The van der Waals surface area contributed by atoms with Crippen LogP contribution in [0.4, 0.5) is 16.1 Å². The normalized spacial score (nSPS) is 12.5. The quantitative estimate of drug-likeness (QED) is 0.883. The molecule has 0 saturated carbocycles. The smallest absolute Gasteiger partial charge is 0.320 e. The average Bonchev–Trinajstić information content (AvgIpc) is 2.72. The van der Waals surface area contributed by atoms with Crippen LogP contribution in [0.2, 0.25) is 5.02 Å². The highest BCUT2D eigenvalue weighted by atomic mass is 35.5. The Morgan fingerprint density at radius 3 is 2.82 bits per heavy atom. The number of anilines is 2. The summed E-state index contributed by atoms with van der Waals surface area (Å²) in [7, 11) is 0. The Hall–Kier alpha value is -1.66. The molecule has 1 aromatic heterocycles. The van der Waals surface area contributed by atoms with Gasteiger partial charge < -0.3 is 15.5 Å². The molecule has 17 heavy (non-hydrogen) atoms. The number of rotatable bonds is 3. The molecule has 0 spiro atoms. The van der Waals surface area contributed by atoms with Crippen molar-refractivity contribution in [1.82, 2.24) is 10.2 Å². The zero-order chi connectivity index (χ0) is 12.4. The minimum atomic E-state index is -0.524. The third-order valence-corrected chi connectivity index (χ3v) is 2.31. The van der Waals surface area contributed by atoms with Crippen LogP contribution in [-0.2, 0) is 0 Å². The molecule has 0 saturated heterocycles. The second kappa shape index (κ2) is 4.68. The van der Waals surface area contributed by atoms with Crippen LogP contribution >= 0.6 is 11.6 Å². The Morgan fingerprint density at radius 1 is 1.47 bits per heavy atom. The number of aromatic nitrogens is 2. The minimum Gasteiger partial charge on any atom is -0.406 e. The molecule has 1 heterocycles. The standard InChI is InChI=1S/C10H10ClFN4O/c1-5(13)9-15-16-10(17-9)14-6-2-3-7(11)8(12)4-6/h2-5H,13H2,1H3,(H,14,16). The largest absolute Gasteiger partial charge is 0.406 e. The van der Waals surface area contributed by atoms with Gasteiger partial charge in [0.1, 0.15) is 5.82 Å². The highest BCUT2D eigenvalue weighted by Gasteiger charge is 2.10. The monoisotopic (exact) mass is 256 g/mol. The molecule has 1 unspecified atom stereocenters. The molecule has 5 nitrogen and oxygen atoms in total. The predicted octanol–water partition coefficient (Wildman–Crippen LogP) is 2.63. The molecule has 3 N–H and O–H groups in total. The zero-order valence-corrected chi connectivity index (χ0v) is 9.70. The van der Waals surface area contributed by atoms with Crippen LogP contribution in [-0.4, -0.2) is 10.2 Å². The number of hydrogen-bond donors (Lipinski definition) is 2. The summed E-state index contributed by atoms with van der Waals surface area (Å²) in [6.07, 6.45) is 0. The van der Waals surface area contributed by atoms with E-state index in [9.17, 15) is 4.39 Å². The summed E-state index contributed by atoms with van der Waals surface area (Å²) < 4.78 is 18.4. The van der Waals surface area contributed by atoms with Crippen LogP contribution in [0.25, 0.3) is 0 Å². The van der Waals surface area contributed by atoms with Gasteiger partial charge in [-0.25, -0.2) is 4.39 Å². The first-order valence-electron chi connectivity index (χ1n) is 4.87. The summed E-state index contributed by atoms with van der Waals surface area (Å²) in [6, 6.07) is 4.07. The summed E-state index contributed by atoms with van der Waals surface area (Å²) >= 11 is 5.56. The fourth-order valence-electron chi connectivity index (χ4n) is 1.17. The fraction of sp³-hybridized carbons (Fsp3) is 0.200. The molecule has 2 aromatic rings. The van der Waals surface area contributed by atoms with Gasteiger partial charge in [0, 0.05) is 5.69 Å². The number of nitrogens with zero attached hydrogens (tertiary/aromatic N) is 2. The van der Waals surface area contributed by atoms with Gasteiger partial charge >= 0.3 is 6.01 Å². The molecule has 0 radical (unpaired) electrons. The van der Waals surface area contributed by atoms with Crippen LogP contribution in [0.3, 0.4) is 0 Å². The topological polar surface area (TPSA) is 77.0 Å². The second-order valence-electron chi connectivity index (χ2n) is 3.49. The van der Waals surface area contributed by atoms with E-state index < -0.39 is 5.82 Å². The molecular formula is C10H10ClFN4O. The van der Waals surface area contributed by atoms with Gasteiger partial charge in [-0.3, -0.25) is 0 Å². The summed E-state index contributed by atoms with van der Waals surface area (Å²) in [5.41, 5.74) is 6.03. The summed E-state index contributed by atoms with van der Waals surface area (Å²) in [5, 5.41) is 10.3. The Labute approximate surface area is 102 Å². The van der Waals surface area contributed by atoms with Crippen molar-refractivity contribution in [3.05, 3.63) is 34.9 Å². The Kier molecular flexibility index (Phi) is 3.26. The molecule has 0 aliphatic heterocycles. The molecule has 1 atom stereocenters. The first kappa shape index (κ1) is 11.8. The lowest BCUT2D eigenvalue weighted by molar-refractivity contribution is 0.475. The van der Waals surface area contributed by atoms with E-state index in [-0.39, 0.29) is 17.1 Å². The summed E-state index contributed by atoms with van der Waals surface area (Å²) in [6.45, 7) is 1.72. The van der Waals surface area contributed by atoms with E-state index in [0.717, 1.165) is 0 Å². The van der Waals surface area contributed by atoms with Crippen LogP contribution < -0.4 is 11.1 Å². The van der Waals surface area contributed by atoms with Crippen LogP contribution in [0.15, 0.2) is 22.6 Å². The van der Waals surface area contributed by atoms with E-state index in [1.54, 1.807) is 13.0 Å². The van der Waals surface area contributed by atoms with Gasteiger partial charge in [0.05, 0.1) is 11.1 Å². The molecule has 90 valence electrons. The summed E-state index contributed by atoms with van der Waals surface area (Å²) in [4.78, 5) is 0. The first-order chi connectivity index (χ1) is 8.06. The third kappa shape index (κ3) is 2.72. The van der Waals surface area contributed by atoms with Crippen molar-refractivity contribution in [2.75, 3.05) is 5.32 Å². The molecular weight excluding hydrogens is 247 g/mol. The van der Waals surface area contributed by atoms with Crippen molar-refractivity contribution in [1.29, 1.82) is 0 Å². The second-order valence-corrected chi connectivity index (χ2v) is 3.90. The van der Waals surface area contributed by atoms with Crippen molar-refractivity contribution in [3.63, 3.8) is 0 Å². The van der Waals surface area contributed by atoms with Crippen LogP contribution in [0.5, 0.6) is 0 Å². The number of nitrogens with one attached hydrogen (secondary N) is 1. The molecule has 0 amide bonds.